The van der Waals surface area contributed by atoms with Crippen molar-refractivity contribution in [1.29, 1.82) is 0 Å². The molecule has 116 valence electrons. The Morgan fingerprint density at radius 3 is 1.62 bits per heavy atom. The van der Waals surface area contributed by atoms with Gasteiger partial charge in [0.25, 0.3) is 0 Å². The van der Waals surface area contributed by atoms with Crippen molar-refractivity contribution < 1.29 is 14.3 Å². The Balaban J connectivity index is 3.34. The lowest BCUT2D eigenvalue weighted by Crippen LogP contribution is -2.33. The van der Waals surface area contributed by atoms with Crippen LogP contribution in [0.25, 0.3) is 0 Å². The van der Waals surface area contributed by atoms with Crippen LogP contribution in [-0.2, 0) is 9.59 Å². The van der Waals surface area contributed by atoms with Gasteiger partial charge in [0.1, 0.15) is 0 Å². The van der Waals surface area contributed by atoms with Gasteiger partial charge in [-0.2, -0.15) is 15.0 Å². The molecule has 0 atom stereocenters. The highest BCUT2D eigenvalue weighted by molar-refractivity contribution is 5.91. The summed E-state index contributed by atoms with van der Waals surface area (Å²) in [5, 5.41) is 0. The number of amides is 2. The maximum Gasteiger partial charge on any atom is 0.323 e. The standard InChI is InChI=1S/C13H21N5O3/c1-6-17(9(4)19)11-14-12(18(7-2)10(5)20)16-13(15-11)21-8-3/h6-8H2,1-5H3. The zero-order valence-electron chi connectivity index (χ0n) is 13.1. The first-order valence-corrected chi connectivity index (χ1v) is 6.89. The number of nitrogens with zero attached hydrogens (tertiary/aromatic N) is 5. The van der Waals surface area contributed by atoms with Gasteiger partial charge in [0, 0.05) is 26.9 Å². The molecule has 0 N–H and O–H groups in total. The third-order valence-electron chi connectivity index (χ3n) is 2.74. The second kappa shape index (κ2) is 7.51. The highest BCUT2D eigenvalue weighted by Gasteiger charge is 2.20. The predicted octanol–water partition coefficient (Wildman–Crippen LogP) is 1.02. The zero-order valence-corrected chi connectivity index (χ0v) is 13.1. The highest BCUT2D eigenvalue weighted by atomic mass is 16.5. The molecular formula is C13H21N5O3. The minimum Gasteiger partial charge on any atom is -0.464 e. The molecule has 0 fully saturated rings. The molecule has 8 heteroatoms. The molecule has 0 spiro atoms. The number of carbonyl (C=O) groups is 2. The maximum atomic E-state index is 11.6. The fraction of sp³-hybridized carbons (Fsp3) is 0.615. The zero-order chi connectivity index (χ0) is 16.0. The Morgan fingerprint density at radius 1 is 0.905 bits per heavy atom. The van der Waals surface area contributed by atoms with E-state index in [2.05, 4.69) is 15.0 Å². The van der Waals surface area contributed by atoms with Crippen LogP contribution in [0, 0.1) is 0 Å². The third-order valence-corrected chi connectivity index (χ3v) is 2.74. The van der Waals surface area contributed by atoms with Crippen molar-refractivity contribution in [1.82, 2.24) is 15.0 Å². The van der Waals surface area contributed by atoms with Gasteiger partial charge in [-0.3, -0.25) is 19.4 Å². The van der Waals surface area contributed by atoms with Gasteiger partial charge in [-0.15, -0.1) is 0 Å². The van der Waals surface area contributed by atoms with E-state index in [0.29, 0.717) is 19.7 Å². The van der Waals surface area contributed by atoms with E-state index >= 15 is 0 Å². The SMILES string of the molecule is CCOc1nc(N(CC)C(C)=O)nc(N(CC)C(C)=O)n1. The van der Waals surface area contributed by atoms with E-state index in [1.807, 2.05) is 13.8 Å². The number of anilines is 2. The number of carbonyl (C=O) groups excluding carboxylic acids is 2. The lowest BCUT2D eigenvalue weighted by atomic mass is 10.5. The Morgan fingerprint density at radius 2 is 1.33 bits per heavy atom. The van der Waals surface area contributed by atoms with E-state index in [1.165, 1.54) is 23.6 Å². The van der Waals surface area contributed by atoms with Gasteiger partial charge in [-0.1, -0.05) is 0 Å². The normalized spacial score (nSPS) is 10.1. The average molecular weight is 295 g/mol. The van der Waals surface area contributed by atoms with Crippen LogP contribution in [0.15, 0.2) is 0 Å². The predicted molar refractivity (Wildman–Crippen MR) is 78.4 cm³/mol. The second-order valence-corrected chi connectivity index (χ2v) is 4.18. The van der Waals surface area contributed by atoms with Crippen LogP contribution in [0.1, 0.15) is 34.6 Å². The number of ether oxygens (including phenoxy) is 1. The van der Waals surface area contributed by atoms with Crippen LogP contribution in [0.3, 0.4) is 0 Å². The van der Waals surface area contributed by atoms with E-state index in [-0.39, 0.29) is 29.7 Å². The molecule has 1 heterocycles. The molecule has 1 aromatic heterocycles. The van der Waals surface area contributed by atoms with Crippen LogP contribution in [0.4, 0.5) is 11.9 Å². The first kappa shape index (κ1) is 16.8. The number of aromatic nitrogens is 3. The van der Waals surface area contributed by atoms with Crippen LogP contribution in [0.5, 0.6) is 6.01 Å². The molecule has 0 aliphatic rings. The smallest absolute Gasteiger partial charge is 0.323 e. The summed E-state index contributed by atoms with van der Waals surface area (Å²) in [5.74, 6) is -0.0257. The monoisotopic (exact) mass is 295 g/mol. The van der Waals surface area contributed by atoms with E-state index in [9.17, 15) is 9.59 Å². The number of hydrogen-bond acceptors (Lipinski definition) is 6. The summed E-state index contributed by atoms with van der Waals surface area (Å²) in [5.41, 5.74) is 0. The van der Waals surface area contributed by atoms with Crippen LogP contribution in [-0.4, -0.2) is 46.5 Å². The first-order chi connectivity index (χ1) is 9.94. The van der Waals surface area contributed by atoms with Gasteiger partial charge in [0.2, 0.25) is 23.7 Å². The fourth-order valence-corrected chi connectivity index (χ4v) is 1.78. The van der Waals surface area contributed by atoms with E-state index in [0.717, 1.165) is 0 Å². The van der Waals surface area contributed by atoms with E-state index in [4.69, 9.17) is 4.74 Å². The van der Waals surface area contributed by atoms with Crippen LogP contribution < -0.4 is 14.5 Å². The maximum absolute atomic E-state index is 11.6. The van der Waals surface area contributed by atoms with Gasteiger partial charge < -0.3 is 4.74 Å². The second-order valence-electron chi connectivity index (χ2n) is 4.18. The molecule has 1 rings (SSSR count). The van der Waals surface area contributed by atoms with E-state index in [1.54, 1.807) is 6.92 Å². The van der Waals surface area contributed by atoms with E-state index < -0.39 is 0 Å². The van der Waals surface area contributed by atoms with Gasteiger partial charge >= 0.3 is 6.01 Å². The molecule has 0 aliphatic carbocycles. The Hall–Kier alpha value is -2.25. The summed E-state index contributed by atoms with van der Waals surface area (Å²) in [6.07, 6.45) is 0. The summed E-state index contributed by atoms with van der Waals surface area (Å²) < 4.78 is 5.30. The summed E-state index contributed by atoms with van der Waals surface area (Å²) in [4.78, 5) is 38.5. The van der Waals surface area contributed by atoms with Gasteiger partial charge in [-0.05, 0) is 20.8 Å². The van der Waals surface area contributed by atoms with Crippen LogP contribution >= 0.6 is 0 Å². The minimum atomic E-state index is -0.192. The van der Waals surface area contributed by atoms with Crippen molar-refractivity contribution >= 4 is 23.7 Å². The molecule has 0 aliphatic heterocycles. The van der Waals surface area contributed by atoms with Crippen molar-refractivity contribution in [3.05, 3.63) is 0 Å². The lowest BCUT2D eigenvalue weighted by molar-refractivity contribution is -0.117. The number of hydrogen-bond donors (Lipinski definition) is 0. The fourth-order valence-electron chi connectivity index (χ4n) is 1.78. The van der Waals surface area contributed by atoms with Gasteiger partial charge in [-0.25, -0.2) is 0 Å². The quantitative estimate of drug-likeness (QED) is 0.778. The Bertz CT molecular complexity index is 480. The summed E-state index contributed by atoms with van der Waals surface area (Å²) >= 11 is 0. The largest absolute Gasteiger partial charge is 0.464 e. The minimum absolute atomic E-state index is 0.0944. The first-order valence-electron chi connectivity index (χ1n) is 6.89. The third kappa shape index (κ3) is 4.11. The van der Waals surface area contributed by atoms with Crippen molar-refractivity contribution in [2.75, 3.05) is 29.5 Å². The molecule has 0 unspecified atom stereocenters. The molecule has 8 nitrogen and oxygen atoms in total. The summed E-state index contributed by atoms with van der Waals surface area (Å²) in [6.45, 7) is 9.48. The average Bonchev–Trinajstić information content (AvgIpc) is 2.39. The molecule has 2 amide bonds. The summed E-state index contributed by atoms with van der Waals surface area (Å²) in [6, 6.07) is 0.0944. The molecular weight excluding hydrogens is 274 g/mol. The summed E-state index contributed by atoms with van der Waals surface area (Å²) in [7, 11) is 0. The molecule has 21 heavy (non-hydrogen) atoms. The molecule has 0 saturated carbocycles. The molecule has 0 aromatic carbocycles. The topological polar surface area (TPSA) is 88.5 Å². The Labute approximate surface area is 124 Å². The highest BCUT2D eigenvalue weighted by Crippen LogP contribution is 2.18. The molecule has 0 radical (unpaired) electrons. The number of rotatable bonds is 6. The molecule has 1 aromatic rings. The van der Waals surface area contributed by atoms with Crippen molar-refractivity contribution in [2.45, 2.75) is 34.6 Å². The van der Waals surface area contributed by atoms with Gasteiger partial charge in [0.15, 0.2) is 0 Å². The van der Waals surface area contributed by atoms with Crippen LogP contribution in [0.2, 0.25) is 0 Å². The van der Waals surface area contributed by atoms with Crippen molar-refractivity contribution in [2.24, 2.45) is 0 Å². The van der Waals surface area contributed by atoms with Crippen molar-refractivity contribution in [3.63, 3.8) is 0 Å². The lowest BCUT2D eigenvalue weighted by Gasteiger charge is -2.21. The Kier molecular flexibility index (Phi) is 6.01. The molecule has 0 bridgehead atoms. The molecule has 0 saturated heterocycles. The van der Waals surface area contributed by atoms with Gasteiger partial charge in [0.05, 0.1) is 6.61 Å². The van der Waals surface area contributed by atoms with Crippen molar-refractivity contribution in [3.8, 4) is 6.01 Å².